The molecule has 0 radical (unpaired) electrons. The molecule has 1 aliphatic rings. The fourth-order valence-electron chi connectivity index (χ4n) is 2.33. The molecular weight excluding hydrogens is 314 g/mol. The van der Waals surface area contributed by atoms with Gasteiger partial charge in [-0.1, -0.05) is 17.7 Å². The van der Waals surface area contributed by atoms with Gasteiger partial charge in [0.15, 0.2) is 0 Å². The molecule has 0 bridgehead atoms. The molecular formula is C14H11ClF2N4O. The Morgan fingerprint density at radius 3 is 2.50 bits per heavy atom. The number of nitrogens with zero attached hydrogens (tertiary/aromatic N) is 3. The van der Waals surface area contributed by atoms with Gasteiger partial charge < -0.3 is 10.2 Å². The predicted octanol–water partition coefficient (Wildman–Crippen LogP) is 2.63. The van der Waals surface area contributed by atoms with Crippen molar-refractivity contribution in [3.63, 3.8) is 0 Å². The molecule has 1 aromatic heterocycles. The fraction of sp³-hybridized carbons (Fsp3) is 0.214. The van der Waals surface area contributed by atoms with Crippen LogP contribution in [0.15, 0.2) is 30.6 Å². The lowest BCUT2D eigenvalue weighted by Gasteiger charge is -2.18. The van der Waals surface area contributed by atoms with E-state index in [2.05, 4.69) is 15.3 Å². The molecule has 2 aromatic rings. The van der Waals surface area contributed by atoms with Crippen LogP contribution in [0.3, 0.4) is 0 Å². The molecule has 1 N–H and O–H groups in total. The van der Waals surface area contributed by atoms with Crippen LogP contribution in [0.2, 0.25) is 5.02 Å². The zero-order valence-corrected chi connectivity index (χ0v) is 12.0. The average molecular weight is 325 g/mol. The summed E-state index contributed by atoms with van der Waals surface area (Å²) in [5.41, 5.74) is -0.325. The van der Waals surface area contributed by atoms with Crippen molar-refractivity contribution in [2.45, 2.75) is 12.5 Å². The monoisotopic (exact) mass is 324 g/mol. The van der Waals surface area contributed by atoms with Crippen molar-refractivity contribution >= 4 is 29.1 Å². The molecule has 1 amide bonds. The van der Waals surface area contributed by atoms with Crippen molar-refractivity contribution in [1.82, 2.24) is 9.97 Å². The van der Waals surface area contributed by atoms with Gasteiger partial charge in [0.1, 0.15) is 23.4 Å². The van der Waals surface area contributed by atoms with Crippen molar-refractivity contribution in [3.05, 3.63) is 47.2 Å². The van der Waals surface area contributed by atoms with E-state index < -0.39 is 23.6 Å². The maximum atomic E-state index is 13.8. The number of rotatable bonds is 3. The molecule has 2 heterocycles. The van der Waals surface area contributed by atoms with Crippen molar-refractivity contribution in [2.75, 3.05) is 16.8 Å². The molecule has 0 aliphatic carbocycles. The van der Waals surface area contributed by atoms with Crippen molar-refractivity contribution < 1.29 is 13.6 Å². The summed E-state index contributed by atoms with van der Waals surface area (Å²) < 4.78 is 27.6. The number of aromatic nitrogens is 2. The summed E-state index contributed by atoms with van der Waals surface area (Å²) in [6.45, 7) is 0.210. The Balaban J connectivity index is 1.79. The number of carbonyl (C=O) groups is 1. The number of hydrogen-bond donors (Lipinski definition) is 1. The summed E-state index contributed by atoms with van der Waals surface area (Å²) in [5.74, 6) is -1.73. The molecule has 22 heavy (non-hydrogen) atoms. The van der Waals surface area contributed by atoms with E-state index in [-0.39, 0.29) is 18.2 Å². The molecule has 114 valence electrons. The van der Waals surface area contributed by atoms with Gasteiger partial charge in [0, 0.05) is 6.54 Å². The summed E-state index contributed by atoms with van der Waals surface area (Å²) >= 11 is 5.68. The molecule has 1 aliphatic heterocycles. The number of amides is 1. The molecule has 1 fully saturated rings. The highest BCUT2D eigenvalue weighted by molar-refractivity contribution is 6.30. The van der Waals surface area contributed by atoms with E-state index in [0.29, 0.717) is 11.4 Å². The van der Waals surface area contributed by atoms with Gasteiger partial charge in [-0.2, -0.15) is 0 Å². The van der Waals surface area contributed by atoms with E-state index in [4.69, 9.17) is 11.6 Å². The van der Waals surface area contributed by atoms with E-state index in [1.807, 2.05) is 0 Å². The molecule has 1 aromatic carbocycles. The van der Waals surface area contributed by atoms with Gasteiger partial charge in [-0.15, -0.1) is 0 Å². The van der Waals surface area contributed by atoms with Crippen molar-refractivity contribution in [1.29, 1.82) is 0 Å². The Labute approximate surface area is 129 Å². The Hall–Kier alpha value is -2.28. The second-order valence-electron chi connectivity index (χ2n) is 4.77. The van der Waals surface area contributed by atoms with Crippen LogP contribution >= 0.6 is 11.6 Å². The highest BCUT2D eigenvalue weighted by atomic mass is 35.5. The molecule has 1 saturated heterocycles. The summed E-state index contributed by atoms with van der Waals surface area (Å²) in [7, 11) is 0. The third-order valence-electron chi connectivity index (χ3n) is 3.34. The maximum Gasteiger partial charge on any atom is 0.249 e. The lowest BCUT2D eigenvalue weighted by molar-refractivity contribution is -0.117. The van der Waals surface area contributed by atoms with Crippen LogP contribution in [0.25, 0.3) is 0 Å². The number of carbonyl (C=O) groups excluding carboxylic acids is 1. The first-order valence-corrected chi connectivity index (χ1v) is 6.93. The van der Waals surface area contributed by atoms with E-state index in [0.717, 1.165) is 17.0 Å². The average Bonchev–Trinajstić information content (AvgIpc) is 2.83. The van der Waals surface area contributed by atoms with Gasteiger partial charge in [-0.25, -0.2) is 18.7 Å². The number of nitrogens with one attached hydrogen (secondary N) is 1. The minimum atomic E-state index is -0.767. The van der Waals surface area contributed by atoms with Gasteiger partial charge in [-0.05, 0) is 18.6 Å². The lowest BCUT2D eigenvalue weighted by atomic mass is 10.2. The Morgan fingerprint density at radius 1 is 1.23 bits per heavy atom. The van der Waals surface area contributed by atoms with Gasteiger partial charge in [0.25, 0.3) is 0 Å². The van der Waals surface area contributed by atoms with Crippen LogP contribution in [0.1, 0.15) is 6.42 Å². The maximum absolute atomic E-state index is 13.8. The number of benzene rings is 1. The third-order valence-corrected chi connectivity index (χ3v) is 3.53. The Kier molecular flexibility index (Phi) is 3.89. The number of para-hydroxylation sites is 1. The van der Waals surface area contributed by atoms with Crippen LogP contribution < -0.4 is 10.2 Å². The molecule has 0 saturated carbocycles. The van der Waals surface area contributed by atoms with Crippen LogP contribution in [0, 0.1) is 11.6 Å². The van der Waals surface area contributed by atoms with E-state index in [1.54, 1.807) is 0 Å². The molecule has 8 heteroatoms. The Morgan fingerprint density at radius 2 is 1.86 bits per heavy atom. The predicted molar refractivity (Wildman–Crippen MR) is 77.8 cm³/mol. The van der Waals surface area contributed by atoms with Crippen LogP contribution in [-0.4, -0.2) is 28.5 Å². The standard InChI is InChI=1S/C14H11ClF2N4O/c15-8-6-18-14(19-7-8)20-11-4-5-21(13(11)22)12-9(16)2-1-3-10(12)17/h1-3,6-7,11H,4-5H2,(H,18,19,20)/t11-/m0/s1. The summed E-state index contributed by atoms with van der Waals surface area (Å²) in [6.07, 6.45) is 3.17. The third kappa shape index (κ3) is 2.71. The van der Waals surface area contributed by atoms with Gasteiger partial charge in [-0.3, -0.25) is 4.79 Å². The highest BCUT2D eigenvalue weighted by Gasteiger charge is 2.35. The van der Waals surface area contributed by atoms with E-state index in [1.165, 1.54) is 18.5 Å². The first-order chi connectivity index (χ1) is 10.6. The highest BCUT2D eigenvalue weighted by Crippen LogP contribution is 2.28. The van der Waals surface area contributed by atoms with Crippen LogP contribution in [0.5, 0.6) is 0 Å². The minimum Gasteiger partial charge on any atom is -0.342 e. The topological polar surface area (TPSA) is 58.1 Å². The SMILES string of the molecule is O=C1[C@@H](Nc2ncc(Cl)cn2)CCN1c1c(F)cccc1F. The zero-order chi connectivity index (χ0) is 15.7. The summed E-state index contributed by atoms with van der Waals surface area (Å²) in [4.78, 5) is 21.3. The van der Waals surface area contributed by atoms with Crippen LogP contribution in [0.4, 0.5) is 20.4 Å². The first kappa shape index (κ1) is 14.6. The number of anilines is 2. The normalized spacial score (nSPS) is 17.9. The van der Waals surface area contributed by atoms with Gasteiger partial charge >= 0.3 is 0 Å². The summed E-state index contributed by atoms with van der Waals surface area (Å²) in [5, 5.41) is 3.21. The number of hydrogen-bond acceptors (Lipinski definition) is 4. The quantitative estimate of drug-likeness (QED) is 0.943. The number of halogens is 3. The van der Waals surface area contributed by atoms with Gasteiger partial charge in [0.2, 0.25) is 11.9 Å². The van der Waals surface area contributed by atoms with E-state index >= 15 is 0 Å². The molecule has 0 unspecified atom stereocenters. The molecule has 0 spiro atoms. The van der Waals surface area contributed by atoms with Gasteiger partial charge in [0.05, 0.1) is 17.4 Å². The van der Waals surface area contributed by atoms with Crippen molar-refractivity contribution in [3.8, 4) is 0 Å². The first-order valence-electron chi connectivity index (χ1n) is 6.56. The van der Waals surface area contributed by atoms with Crippen LogP contribution in [-0.2, 0) is 4.79 Å². The smallest absolute Gasteiger partial charge is 0.249 e. The molecule has 3 rings (SSSR count). The van der Waals surface area contributed by atoms with Crippen molar-refractivity contribution in [2.24, 2.45) is 0 Å². The molecule has 1 atom stereocenters. The van der Waals surface area contributed by atoms with E-state index in [9.17, 15) is 13.6 Å². The fourth-order valence-corrected chi connectivity index (χ4v) is 2.42. The second kappa shape index (κ2) is 5.84. The minimum absolute atomic E-state index is 0.210. The molecule has 5 nitrogen and oxygen atoms in total. The largest absolute Gasteiger partial charge is 0.342 e. The zero-order valence-electron chi connectivity index (χ0n) is 11.3. The Bertz CT molecular complexity index is 690. The summed E-state index contributed by atoms with van der Waals surface area (Å²) in [6, 6.07) is 2.86. The second-order valence-corrected chi connectivity index (χ2v) is 5.21. The lowest BCUT2D eigenvalue weighted by Crippen LogP contribution is -2.34.